The molecule has 0 aromatic heterocycles. The Kier molecular flexibility index (Phi) is 6.06. The second-order valence-electron chi connectivity index (χ2n) is 11.9. The van der Waals surface area contributed by atoms with Gasteiger partial charge in [-0.25, -0.2) is 0 Å². The molecule has 0 aliphatic heterocycles. The minimum Gasteiger partial charge on any atom is -0.490 e. The Bertz CT molecular complexity index is 1020. The van der Waals surface area contributed by atoms with E-state index in [0.29, 0.717) is 24.0 Å². The molecule has 2 aromatic carbocycles. The van der Waals surface area contributed by atoms with E-state index in [1.165, 1.54) is 55.2 Å². The number of nitrogens with one attached hydrogen (secondary N) is 1. The molecule has 0 heterocycles. The summed E-state index contributed by atoms with van der Waals surface area (Å²) in [4.78, 5) is 0. The van der Waals surface area contributed by atoms with Crippen molar-refractivity contribution in [2.75, 3.05) is 6.61 Å². The fourth-order valence-corrected chi connectivity index (χ4v) is 8.45. The van der Waals surface area contributed by atoms with Crippen molar-refractivity contribution in [2.24, 2.45) is 16.7 Å². The number of hydrogen-bond donors (Lipinski definition) is 1. The lowest BCUT2D eigenvalue weighted by Gasteiger charge is -2.65. The Balaban J connectivity index is 1.32. The molecule has 3 nitrogen and oxygen atoms in total. The number of aryl methyl sites for hydroxylation is 1. The maximum absolute atomic E-state index is 6.20. The molecule has 0 amide bonds. The molecule has 4 heteroatoms. The molecule has 0 radical (unpaired) electrons. The zero-order valence-electron chi connectivity index (χ0n) is 20.6. The predicted octanol–water partition coefficient (Wildman–Crippen LogP) is 7.57. The van der Waals surface area contributed by atoms with Gasteiger partial charge >= 0.3 is 0 Å². The van der Waals surface area contributed by atoms with Crippen LogP contribution in [0.3, 0.4) is 0 Å². The Labute approximate surface area is 207 Å². The van der Waals surface area contributed by atoms with Gasteiger partial charge in [-0.1, -0.05) is 59.6 Å². The molecule has 33 heavy (non-hydrogen) atoms. The summed E-state index contributed by atoms with van der Waals surface area (Å²) in [5.74, 6) is 2.52. The molecule has 4 aliphatic carbocycles. The minimum atomic E-state index is 0.286. The third-order valence-corrected chi connectivity index (χ3v) is 8.91. The first-order chi connectivity index (χ1) is 15.7. The fraction of sp³-hybridized carbons (Fsp3) is 0.586. The summed E-state index contributed by atoms with van der Waals surface area (Å²) in [6.45, 7) is 11.2. The van der Waals surface area contributed by atoms with E-state index in [2.05, 4.69) is 78.4 Å². The van der Waals surface area contributed by atoms with Crippen molar-refractivity contribution in [3.8, 4) is 11.5 Å². The van der Waals surface area contributed by atoms with Gasteiger partial charge < -0.3 is 14.8 Å². The van der Waals surface area contributed by atoms with E-state index in [1.54, 1.807) is 0 Å². The third-order valence-electron chi connectivity index (χ3n) is 8.17. The van der Waals surface area contributed by atoms with E-state index in [9.17, 15) is 0 Å². The van der Waals surface area contributed by atoms with Crippen LogP contribution in [0.1, 0.15) is 76.0 Å². The van der Waals surface area contributed by atoms with Crippen LogP contribution in [0, 0.1) is 23.7 Å². The van der Waals surface area contributed by atoms with Crippen molar-refractivity contribution in [1.82, 2.24) is 5.32 Å². The van der Waals surface area contributed by atoms with E-state index in [0.717, 1.165) is 28.4 Å². The highest BCUT2D eigenvalue weighted by Gasteiger charge is 2.59. The van der Waals surface area contributed by atoms with Gasteiger partial charge in [0.15, 0.2) is 11.5 Å². The summed E-state index contributed by atoms with van der Waals surface area (Å²) >= 11 is 3.83. The highest BCUT2D eigenvalue weighted by atomic mass is 79.9. The molecular formula is C29H38BrNO2. The molecule has 0 saturated heterocycles. The van der Waals surface area contributed by atoms with Gasteiger partial charge in [0.1, 0.15) is 6.61 Å². The molecule has 2 unspecified atom stereocenters. The first-order valence-corrected chi connectivity index (χ1v) is 13.4. The molecule has 4 aliphatic rings. The van der Waals surface area contributed by atoms with Gasteiger partial charge in [0.05, 0.1) is 6.61 Å². The van der Waals surface area contributed by atoms with Crippen molar-refractivity contribution in [3.05, 3.63) is 57.6 Å². The number of halogens is 1. The summed E-state index contributed by atoms with van der Waals surface area (Å²) in [6, 6.07) is 12.7. The Morgan fingerprint density at radius 3 is 2.36 bits per heavy atom. The van der Waals surface area contributed by atoms with Crippen LogP contribution in [-0.2, 0) is 13.2 Å². The lowest BCUT2D eigenvalue weighted by atomic mass is 9.43. The summed E-state index contributed by atoms with van der Waals surface area (Å²) < 4.78 is 13.3. The first-order valence-electron chi connectivity index (χ1n) is 12.6. The standard InChI is InChI=1S/C29H38BrNO2/c1-5-32-25-10-23(24(30)11-26(25)33-16-21-8-6-7-20(2)9-21)15-31-29-14-22-12-27(3,18-29)17-28(4,13-22)19-29/h6-11,22,31H,5,12-19H2,1-4H3. The van der Waals surface area contributed by atoms with Gasteiger partial charge in [-0.2, -0.15) is 0 Å². The van der Waals surface area contributed by atoms with Crippen molar-refractivity contribution in [3.63, 3.8) is 0 Å². The van der Waals surface area contributed by atoms with E-state index < -0.39 is 0 Å². The molecule has 4 fully saturated rings. The average Bonchev–Trinajstić information content (AvgIpc) is 2.70. The lowest BCUT2D eigenvalue weighted by molar-refractivity contribution is -0.118. The van der Waals surface area contributed by atoms with Crippen LogP contribution < -0.4 is 14.8 Å². The van der Waals surface area contributed by atoms with Crippen molar-refractivity contribution >= 4 is 15.9 Å². The maximum atomic E-state index is 6.20. The van der Waals surface area contributed by atoms with E-state index in [4.69, 9.17) is 9.47 Å². The molecule has 4 saturated carbocycles. The second-order valence-corrected chi connectivity index (χ2v) is 12.7. The van der Waals surface area contributed by atoms with Crippen molar-refractivity contribution < 1.29 is 9.47 Å². The largest absolute Gasteiger partial charge is 0.490 e. The molecule has 2 atom stereocenters. The molecular weight excluding hydrogens is 474 g/mol. The molecule has 1 N–H and O–H groups in total. The smallest absolute Gasteiger partial charge is 0.162 e. The van der Waals surface area contributed by atoms with E-state index in [1.807, 2.05) is 6.92 Å². The topological polar surface area (TPSA) is 30.5 Å². The maximum Gasteiger partial charge on any atom is 0.162 e. The second kappa shape index (κ2) is 8.61. The van der Waals surface area contributed by atoms with Crippen LogP contribution in [-0.4, -0.2) is 12.1 Å². The van der Waals surface area contributed by atoms with Gasteiger partial charge in [-0.3, -0.25) is 0 Å². The van der Waals surface area contributed by atoms with Gasteiger partial charge in [0.25, 0.3) is 0 Å². The van der Waals surface area contributed by atoms with Crippen LogP contribution in [0.25, 0.3) is 0 Å². The van der Waals surface area contributed by atoms with Gasteiger partial charge in [-0.15, -0.1) is 0 Å². The fourth-order valence-electron chi connectivity index (χ4n) is 7.98. The van der Waals surface area contributed by atoms with Gasteiger partial charge in [-0.05, 0) is 92.4 Å². The number of hydrogen-bond acceptors (Lipinski definition) is 3. The summed E-state index contributed by atoms with van der Waals surface area (Å²) in [6.07, 6.45) is 8.24. The van der Waals surface area contributed by atoms with Crippen LogP contribution in [0.4, 0.5) is 0 Å². The third kappa shape index (κ3) is 4.84. The average molecular weight is 513 g/mol. The predicted molar refractivity (Wildman–Crippen MR) is 138 cm³/mol. The summed E-state index contributed by atoms with van der Waals surface area (Å²) in [7, 11) is 0. The van der Waals surface area contributed by atoms with Crippen LogP contribution in [0.5, 0.6) is 11.5 Å². The first kappa shape index (κ1) is 23.2. The Hall–Kier alpha value is -1.52. The highest BCUT2D eigenvalue weighted by molar-refractivity contribution is 9.10. The van der Waals surface area contributed by atoms with Crippen LogP contribution >= 0.6 is 15.9 Å². The number of rotatable bonds is 8. The van der Waals surface area contributed by atoms with Crippen LogP contribution in [0.15, 0.2) is 40.9 Å². The minimum absolute atomic E-state index is 0.286. The highest BCUT2D eigenvalue weighted by Crippen LogP contribution is 2.66. The quantitative estimate of drug-likeness (QED) is 0.396. The monoisotopic (exact) mass is 511 g/mol. The summed E-state index contributed by atoms with van der Waals surface area (Å²) in [5.41, 5.74) is 4.98. The summed E-state index contributed by atoms with van der Waals surface area (Å²) in [5, 5.41) is 4.06. The Morgan fingerprint density at radius 1 is 0.970 bits per heavy atom. The molecule has 178 valence electrons. The number of ether oxygens (including phenoxy) is 2. The van der Waals surface area contributed by atoms with E-state index >= 15 is 0 Å². The van der Waals surface area contributed by atoms with E-state index in [-0.39, 0.29) is 5.54 Å². The molecule has 4 bridgehead atoms. The molecule has 2 aromatic rings. The normalized spacial score (nSPS) is 32.2. The molecule has 6 rings (SSSR count). The lowest BCUT2D eigenvalue weighted by Crippen LogP contribution is -2.63. The van der Waals surface area contributed by atoms with Crippen molar-refractivity contribution in [2.45, 2.75) is 84.9 Å². The SMILES string of the molecule is CCOc1cc(CNC23CC4CC(C)(CC(C)(C4)C2)C3)c(Br)cc1OCc1cccc(C)c1. The Morgan fingerprint density at radius 2 is 1.70 bits per heavy atom. The number of benzene rings is 2. The van der Waals surface area contributed by atoms with Crippen molar-refractivity contribution in [1.29, 1.82) is 0 Å². The zero-order chi connectivity index (χ0) is 23.3. The van der Waals surface area contributed by atoms with Gasteiger partial charge in [0, 0.05) is 16.6 Å². The van der Waals surface area contributed by atoms with Crippen LogP contribution in [0.2, 0.25) is 0 Å². The van der Waals surface area contributed by atoms with Gasteiger partial charge in [0.2, 0.25) is 0 Å². The molecule has 0 spiro atoms. The zero-order valence-corrected chi connectivity index (χ0v) is 22.2.